The highest BCUT2D eigenvalue weighted by Crippen LogP contribution is 2.61. The van der Waals surface area contributed by atoms with Crippen molar-refractivity contribution in [2.45, 2.75) is 76.0 Å². The molecule has 7 aromatic rings. The van der Waals surface area contributed by atoms with E-state index < -0.39 is 0 Å². The molecule has 1 fully saturated rings. The normalized spacial score (nSPS) is 17.2. The average molecular weight is 710 g/mol. The van der Waals surface area contributed by atoms with E-state index >= 15 is 0 Å². The molecule has 1 heteroatoms. The molecule has 0 saturated heterocycles. The minimum absolute atomic E-state index is 0.0573. The molecule has 4 aliphatic rings. The first-order valence-electron chi connectivity index (χ1n) is 20.4. The van der Waals surface area contributed by atoms with Crippen LogP contribution in [-0.4, -0.2) is 0 Å². The third-order valence-corrected chi connectivity index (χ3v) is 14.1. The largest absolute Gasteiger partial charge is 0.309 e. The Morgan fingerprint density at radius 3 is 1.64 bits per heavy atom. The summed E-state index contributed by atoms with van der Waals surface area (Å²) >= 11 is 0. The van der Waals surface area contributed by atoms with Gasteiger partial charge in [0.2, 0.25) is 0 Å². The Bertz CT molecular complexity index is 2700. The van der Waals surface area contributed by atoms with Crippen LogP contribution in [0.15, 0.2) is 152 Å². The maximum Gasteiger partial charge on any atom is 0.0543 e. The highest BCUT2D eigenvalue weighted by Gasteiger charge is 2.45. The molecule has 0 amide bonds. The summed E-state index contributed by atoms with van der Waals surface area (Å²) in [4.78, 5) is 2.62. The lowest BCUT2D eigenvalue weighted by Gasteiger charge is -2.36. The van der Waals surface area contributed by atoms with Gasteiger partial charge in [0.25, 0.3) is 0 Å². The van der Waals surface area contributed by atoms with Crippen molar-refractivity contribution in [2.75, 3.05) is 4.90 Å². The zero-order valence-electron chi connectivity index (χ0n) is 32.4. The third-order valence-electron chi connectivity index (χ3n) is 14.1. The fourth-order valence-corrected chi connectivity index (χ4v) is 11.5. The number of para-hydroxylation sites is 1. The van der Waals surface area contributed by atoms with E-state index in [1.54, 1.807) is 0 Å². The van der Waals surface area contributed by atoms with Crippen molar-refractivity contribution in [3.8, 4) is 44.5 Å². The fourth-order valence-electron chi connectivity index (χ4n) is 11.5. The Hall–Kier alpha value is -5.66. The van der Waals surface area contributed by atoms with E-state index in [1.165, 1.54) is 127 Å². The van der Waals surface area contributed by atoms with Gasteiger partial charge in [-0.2, -0.15) is 0 Å². The number of rotatable bonds is 4. The van der Waals surface area contributed by atoms with Crippen LogP contribution in [0.2, 0.25) is 0 Å². The predicted molar refractivity (Wildman–Crippen MR) is 231 cm³/mol. The van der Waals surface area contributed by atoms with Crippen LogP contribution in [0.4, 0.5) is 17.1 Å². The van der Waals surface area contributed by atoms with Crippen molar-refractivity contribution < 1.29 is 0 Å². The van der Waals surface area contributed by atoms with E-state index in [2.05, 4.69) is 184 Å². The van der Waals surface area contributed by atoms with Crippen LogP contribution in [0.1, 0.15) is 93.2 Å². The first-order valence-corrected chi connectivity index (χ1v) is 20.4. The first-order chi connectivity index (χ1) is 26.8. The highest BCUT2D eigenvalue weighted by molar-refractivity contribution is 6.02. The molecule has 1 nitrogen and oxygen atoms in total. The number of hydrogen-bond donors (Lipinski definition) is 0. The second-order valence-corrected chi connectivity index (χ2v) is 17.5. The van der Waals surface area contributed by atoms with Crippen LogP contribution in [-0.2, 0) is 16.2 Å². The molecule has 0 N–H and O–H groups in total. The topological polar surface area (TPSA) is 3.24 Å². The van der Waals surface area contributed by atoms with Crippen LogP contribution < -0.4 is 4.90 Å². The van der Waals surface area contributed by atoms with Crippen LogP contribution >= 0.6 is 0 Å². The number of fused-ring (bicyclic) bond motifs is 11. The van der Waals surface area contributed by atoms with Crippen molar-refractivity contribution in [3.63, 3.8) is 0 Å². The number of hydrogen-bond acceptors (Lipinski definition) is 1. The van der Waals surface area contributed by atoms with Gasteiger partial charge < -0.3 is 4.90 Å². The lowest BCUT2D eigenvalue weighted by molar-refractivity contribution is 0.353. The van der Waals surface area contributed by atoms with Gasteiger partial charge in [0.15, 0.2) is 0 Å². The monoisotopic (exact) mass is 709 g/mol. The third kappa shape index (κ3) is 4.41. The zero-order valence-corrected chi connectivity index (χ0v) is 32.4. The van der Waals surface area contributed by atoms with Crippen LogP contribution in [0.25, 0.3) is 44.5 Å². The summed E-state index contributed by atoms with van der Waals surface area (Å²) in [6.07, 6.45) is 6.32. The molecular formula is C54H47N. The highest BCUT2D eigenvalue weighted by atomic mass is 15.1. The van der Waals surface area contributed by atoms with Gasteiger partial charge >= 0.3 is 0 Å². The predicted octanol–water partition coefficient (Wildman–Crippen LogP) is 14.7. The standard InChI is InChI=1S/C54H47N/c1-52(2)42-23-10-6-18-36(42)41-34-35(30-31-44(41)52)55(49-29-17-27-47-51(49)40-21-8-12-25-45(40)54(47)32-14-5-15-33-54)48-28-13-9-19-37(48)38-22-16-26-46-50(38)39-20-7-11-24-43(39)53(46,3)4/h6-13,16-31,34H,5,14-15,32-33H2,1-4H3. The summed E-state index contributed by atoms with van der Waals surface area (Å²) < 4.78 is 0. The smallest absolute Gasteiger partial charge is 0.0543 e. The second kappa shape index (κ2) is 11.7. The van der Waals surface area contributed by atoms with Crippen LogP contribution in [0, 0.1) is 0 Å². The minimum atomic E-state index is -0.0744. The molecule has 0 unspecified atom stereocenters. The van der Waals surface area contributed by atoms with Gasteiger partial charge in [-0.15, -0.1) is 0 Å². The molecule has 268 valence electrons. The Morgan fingerprint density at radius 2 is 0.873 bits per heavy atom. The van der Waals surface area contributed by atoms with Gasteiger partial charge in [0.05, 0.1) is 11.4 Å². The van der Waals surface area contributed by atoms with Crippen LogP contribution in [0.5, 0.6) is 0 Å². The van der Waals surface area contributed by atoms with Gasteiger partial charge in [0, 0.05) is 33.1 Å². The second-order valence-electron chi connectivity index (χ2n) is 17.5. The van der Waals surface area contributed by atoms with Crippen molar-refractivity contribution >= 4 is 17.1 Å². The average Bonchev–Trinajstić information content (AvgIpc) is 3.73. The van der Waals surface area contributed by atoms with Gasteiger partial charge in [0.1, 0.15) is 0 Å². The molecule has 55 heavy (non-hydrogen) atoms. The van der Waals surface area contributed by atoms with E-state index in [0.29, 0.717) is 0 Å². The Kier molecular flexibility index (Phi) is 6.95. The summed E-state index contributed by atoms with van der Waals surface area (Å²) in [6.45, 7) is 9.53. The number of benzene rings is 7. The number of anilines is 3. The maximum absolute atomic E-state index is 2.62. The van der Waals surface area contributed by atoms with Gasteiger partial charge in [-0.05, 0) is 104 Å². The summed E-state index contributed by atoms with van der Waals surface area (Å²) in [5, 5.41) is 0. The summed E-state index contributed by atoms with van der Waals surface area (Å²) in [5.41, 5.74) is 23.0. The van der Waals surface area contributed by atoms with Crippen molar-refractivity contribution in [2.24, 2.45) is 0 Å². The molecule has 0 bridgehead atoms. The molecule has 7 aromatic carbocycles. The molecule has 0 aromatic heterocycles. The molecule has 0 atom stereocenters. The maximum atomic E-state index is 2.62. The van der Waals surface area contributed by atoms with E-state index in [-0.39, 0.29) is 16.2 Å². The Morgan fingerprint density at radius 1 is 0.364 bits per heavy atom. The molecule has 0 radical (unpaired) electrons. The molecular weight excluding hydrogens is 663 g/mol. The van der Waals surface area contributed by atoms with E-state index in [0.717, 1.165) is 0 Å². The molecule has 1 spiro atoms. The van der Waals surface area contributed by atoms with Crippen LogP contribution in [0.3, 0.4) is 0 Å². The number of nitrogens with zero attached hydrogens (tertiary/aromatic N) is 1. The first kappa shape index (κ1) is 32.7. The summed E-state index contributed by atoms with van der Waals surface area (Å²) in [6, 6.07) is 58.1. The zero-order chi connectivity index (χ0) is 37.1. The van der Waals surface area contributed by atoms with Gasteiger partial charge in [-0.3, -0.25) is 0 Å². The summed E-state index contributed by atoms with van der Waals surface area (Å²) in [7, 11) is 0. The summed E-state index contributed by atoms with van der Waals surface area (Å²) in [5.74, 6) is 0. The van der Waals surface area contributed by atoms with Crippen molar-refractivity contribution in [3.05, 3.63) is 185 Å². The SMILES string of the molecule is CC1(C)c2ccccc2-c2cc(N(c3ccccc3-c3cccc4c3-c3ccccc3C4(C)C)c3cccc4c3-c3ccccc3C43CCCCC3)ccc21. The van der Waals surface area contributed by atoms with Crippen molar-refractivity contribution in [1.29, 1.82) is 0 Å². The minimum Gasteiger partial charge on any atom is -0.309 e. The molecule has 0 aliphatic heterocycles. The van der Waals surface area contributed by atoms with Crippen molar-refractivity contribution in [1.82, 2.24) is 0 Å². The fraction of sp³-hybridized carbons (Fsp3) is 0.222. The molecule has 0 heterocycles. The molecule has 1 saturated carbocycles. The van der Waals surface area contributed by atoms with Gasteiger partial charge in [-0.1, -0.05) is 174 Å². The quantitative estimate of drug-likeness (QED) is 0.176. The van der Waals surface area contributed by atoms with E-state index in [9.17, 15) is 0 Å². The molecule has 4 aliphatic carbocycles. The molecule has 11 rings (SSSR count). The lowest BCUT2D eigenvalue weighted by Crippen LogP contribution is -2.28. The Balaban J connectivity index is 1.21. The lowest BCUT2D eigenvalue weighted by atomic mass is 9.68. The van der Waals surface area contributed by atoms with E-state index in [4.69, 9.17) is 0 Å². The van der Waals surface area contributed by atoms with Gasteiger partial charge in [-0.25, -0.2) is 0 Å². The van der Waals surface area contributed by atoms with E-state index in [1.807, 2.05) is 0 Å². The Labute approximate surface area is 326 Å².